The number of benzene rings is 1. The van der Waals surface area contributed by atoms with Gasteiger partial charge >= 0.3 is 12.0 Å². The summed E-state index contributed by atoms with van der Waals surface area (Å²) in [5.74, 6) is -1.77. The number of aliphatic carboxylic acids is 1. The molecule has 1 aromatic rings. The number of urea groups is 1. The molecule has 1 unspecified atom stereocenters. The monoisotopic (exact) mass is 384 g/mol. The van der Waals surface area contributed by atoms with E-state index in [4.69, 9.17) is 5.11 Å². The summed E-state index contributed by atoms with van der Waals surface area (Å²) in [5, 5.41) is 15.9. The van der Waals surface area contributed by atoms with Crippen LogP contribution in [0.3, 0.4) is 0 Å². The van der Waals surface area contributed by atoms with E-state index in [1.807, 2.05) is 13.8 Å². The van der Waals surface area contributed by atoms with Gasteiger partial charge in [-0.15, -0.1) is 0 Å². The van der Waals surface area contributed by atoms with E-state index in [-0.39, 0.29) is 11.7 Å². The van der Waals surface area contributed by atoms with Gasteiger partial charge in [0.15, 0.2) is 0 Å². The average molecular weight is 384 g/mol. The van der Waals surface area contributed by atoms with Crippen LogP contribution in [-0.2, 0) is 26.4 Å². The molecule has 0 radical (unpaired) electrons. The number of carboxylic acids is 1. The van der Waals surface area contributed by atoms with Gasteiger partial charge in [-0.3, -0.25) is 13.8 Å². The molecule has 0 bridgehead atoms. The highest BCUT2D eigenvalue weighted by Crippen LogP contribution is 2.11. The van der Waals surface area contributed by atoms with E-state index in [0.29, 0.717) is 17.7 Å². The lowest BCUT2D eigenvalue weighted by Crippen LogP contribution is -2.49. The maximum Gasteiger partial charge on any atom is 0.322 e. The molecule has 2 atom stereocenters. The number of amides is 3. The number of carbonyl (C=O) groups is 3. The van der Waals surface area contributed by atoms with Crippen molar-refractivity contribution in [1.29, 1.82) is 0 Å². The number of anilines is 1. The van der Waals surface area contributed by atoms with Gasteiger partial charge in [-0.05, 0) is 30.0 Å². The molecule has 1 rings (SSSR count). The second-order valence-corrected chi connectivity index (χ2v) is 6.93. The molecular formula is C16H22N3O6S-. The zero-order valence-corrected chi connectivity index (χ0v) is 15.3. The molecular weight excluding hydrogens is 362 g/mol. The van der Waals surface area contributed by atoms with Crippen molar-refractivity contribution in [2.45, 2.75) is 32.1 Å². The molecule has 26 heavy (non-hydrogen) atoms. The third kappa shape index (κ3) is 8.58. The van der Waals surface area contributed by atoms with Crippen LogP contribution in [-0.4, -0.2) is 44.4 Å². The smallest absolute Gasteiger partial charge is 0.322 e. The minimum absolute atomic E-state index is 0.100. The van der Waals surface area contributed by atoms with Gasteiger partial charge in [0.05, 0.1) is 0 Å². The van der Waals surface area contributed by atoms with Crippen LogP contribution in [0.25, 0.3) is 0 Å². The molecule has 0 spiro atoms. The van der Waals surface area contributed by atoms with Crippen LogP contribution in [0.4, 0.5) is 10.5 Å². The lowest BCUT2D eigenvalue weighted by Gasteiger charge is -2.20. The second kappa shape index (κ2) is 10.5. The highest BCUT2D eigenvalue weighted by Gasteiger charge is 2.22. The van der Waals surface area contributed by atoms with E-state index >= 15 is 0 Å². The Morgan fingerprint density at radius 1 is 1.19 bits per heavy atom. The van der Waals surface area contributed by atoms with Gasteiger partial charge in [0, 0.05) is 11.4 Å². The summed E-state index contributed by atoms with van der Waals surface area (Å²) in [6.45, 7) is 3.21. The second-order valence-electron chi connectivity index (χ2n) is 6.04. The van der Waals surface area contributed by atoms with E-state index in [0.717, 1.165) is 0 Å². The van der Waals surface area contributed by atoms with Crippen LogP contribution in [0.15, 0.2) is 24.3 Å². The van der Waals surface area contributed by atoms with Crippen LogP contribution in [0, 0.1) is 5.92 Å². The predicted molar refractivity (Wildman–Crippen MR) is 95.1 cm³/mol. The first-order chi connectivity index (χ1) is 12.2. The van der Waals surface area contributed by atoms with Crippen LogP contribution in [0.1, 0.15) is 25.8 Å². The predicted octanol–water partition coefficient (Wildman–Crippen LogP) is 0.803. The summed E-state index contributed by atoms with van der Waals surface area (Å²) in [5.41, 5.74) is 1.01. The Balaban J connectivity index is 2.66. The lowest BCUT2D eigenvalue weighted by molar-refractivity contribution is -0.138. The molecule has 1 aromatic carbocycles. The Bertz CT molecular complexity index is 662. The fourth-order valence-corrected chi connectivity index (χ4v) is 2.60. The Hall–Kier alpha value is -2.46. The summed E-state index contributed by atoms with van der Waals surface area (Å²) >= 11 is -2.19. The zero-order chi connectivity index (χ0) is 19.7. The molecule has 144 valence electrons. The van der Waals surface area contributed by atoms with E-state index in [1.165, 1.54) is 0 Å². The van der Waals surface area contributed by atoms with Crippen LogP contribution in [0.2, 0.25) is 0 Å². The Morgan fingerprint density at radius 3 is 2.31 bits per heavy atom. The fraction of sp³-hybridized carbons (Fsp3) is 0.438. The van der Waals surface area contributed by atoms with Crippen LogP contribution < -0.4 is 16.0 Å². The Morgan fingerprint density at radius 2 is 1.81 bits per heavy atom. The van der Waals surface area contributed by atoms with Crippen molar-refractivity contribution in [1.82, 2.24) is 10.6 Å². The third-order valence-corrected chi connectivity index (χ3v) is 3.81. The maximum atomic E-state index is 12.1. The van der Waals surface area contributed by atoms with Crippen LogP contribution in [0.5, 0.6) is 0 Å². The van der Waals surface area contributed by atoms with Gasteiger partial charge in [0.25, 0.3) is 0 Å². The van der Waals surface area contributed by atoms with Crippen LogP contribution >= 0.6 is 0 Å². The molecule has 0 aliphatic rings. The average Bonchev–Trinajstić information content (AvgIpc) is 2.52. The molecule has 0 aliphatic heterocycles. The largest absolute Gasteiger partial charge is 0.772 e. The number of rotatable bonds is 9. The van der Waals surface area contributed by atoms with Crippen molar-refractivity contribution in [2.75, 3.05) is 11.9 Å². The van der Waals surface area contributed by atoms with Gasteiger partial charge in [-0.2, -0.15) is 0 Å². The number of hydrogen-bond donors (Lipinski definition) is 4. The highest BCUT2D eigenvalue weighted by atomic mass is 32.2. The topological polar surface area (TPSA) is 148 Å². The van der Waals surface area contributed by atoms with Gasteiger partial charge < -0.3 is 25.6 Å². The molecule has 0 saturated carbocycles. The molecule has 0 aromatic heterocycles. The van der Waals surface area contributed by atoms with E-state index in [1.54, 1.807) is 24.3 Å². The summed E-state index contributed by atoms with van der Waals surface area (Å²) in [4.78, 5) is 34.7. The fourth-order valence-electron chi connectivity index (χ4n) is 2.13. The van der Waals surface area contributed by atoms with Crippen molar-refractivity contribution in [2.24, 2.45) is 5.92 Å². The SMILES string of the molecule is CC(C)C[C@H](NC(=O)Nc1ccc(CS(=O)[O-])cc1)C(=O)NCC(=O)O. The standard InChI is InChI=1S/C16H23N3O6S/c1-10(2)7-13(15(22)17-8-14(20)21)19-16(23)18-12-5-3-11(4-6-12)9-26(24)25/h3-6,10,13H,7-9H2,1-2H3,(H,17,22)(H,20,21)(H,24,25)(H2,18,19,23)/p-1/t13-/m0/s1. The molecule has 0 aliphatic carbocycles. The number of nitrogens with one attached hydrogen (secondary N) is 3. The first-order valence-electron chi connectivity index (χ1n) is 7.89. The summed E-state index contributed by atoms with van der Waals surface area (Å²) in [7, 11) is 0. The van der Waals surface area contributed by atoms with E-state index in [2.05, 4.69) is 16.0 Å². The normalized spacial score (nSPS) is 12.9. The lowest BCUT2D eigenvalue weighted by atomic mass is 10.0. The number of carbonyl (C=O) groups excluding carboxylic acids is 2. The molecule has 9 nitrogen and oxygen atoms in total. The van der Waals surface area contributed by atoms with Gasteiger partial charge in [-0.1, -0.05) is 37.1 Å². The van der Waals surface area contributed by atoms with E-state index in [9.17, 15) is 23.1 Å². The van der Waals surface area contributed by atoms with Crippen molar-refractivity contribution in [3.05, 3.63) is 29.8 Å². The molecule has 3 amide bonds. The molecule has 0 fully saturated rings. The molecule has 4 N–H and O–H groups in total. The van der Waals surface area contributed by atoms with Crippen molar-refractivity contribution in [3.63, 3.8) is 0 Å². The Labute approximate surface area is 153 Å². The third-order valence-electron chi connectivity index (χ3n) is 3.24. The highest BCUT2D eigenvalue weighted by molar-refractivity contribution is 7.78. The number of hydrogen-bond acceptors (Lipinski definition) is 5. The van der Waals surface area contributed by atoms with Crippen molar-refractivity contribution in [3.8, 4) is 0 Å². The van der Waals surface area contributed by atoms with Crippen molar-refractivity contribution >= 4 is 34.7 Å². The van der Waals surface area contributed by atoms with Gasteiger partial charge in [-0.25, -0.2) is 4.79 Å². The summed E-state index contributed by atoms with van der Waals surface area (Å²) < 4.78 is 21.3. The quantitative estimate of drug-likeness (QED) is 0.463. The first kappa shape index (κ1) is 21.6. The Kier molecular flexibility index (Phi) is 8.73. The first-order valence-corrected chi connectivity index (χ1v) is 9.13. The molecule has 0 heterocycles. The maximum absolute atomic E-state index is 12.1. The van der Waals surface area contributed by atoms with Gasteiger partial charge in [0.1, 0.15) is 12.6 Å². The summed E-state index contributed by atoms with van der Waals surface area (Å²) in [6.07, 6.45) is 0.340. The minimum atomic E-state index is -2.19. The molecule has 10 heteroatoms. The van der Waals surface area contributed by atoms with E-state index < -0.39 is 41.6 Å². The minimum Gasteiger partial charge on any atom is -0.772 e. The number of carboxylic acid groups (broad SMARTS) is 1. The van der Waals surface area contributed by atoms with Gasteiger partial charge in [0.2, 0.25) is 5.91 Å². The zero-order valence-electron chi connectivity index (χ0n) is 14.5. The van der Waals surface area contributed by atoms with Crippen molar-refractivity contribution < 1.29 is 28.3 Å². The summed E-state index contributed by atoms with van der Waals surface area (Å²) in [6, 6.07) is 4.72. The molecule has 0 saturated heterocycles.